The first-order chi connectivity index (χ1) is 9.86. The maximum Gasteiger partial charge on any atom is 0.251 e. The predicted molar refractivity (Wildman–Crippen MR) is 90.8 cm³/mol. The molecule has 21 heavy (non-hydrogen) atoms. The third-order valence-corrected chi connectivity index (χ3v) is 4.07. The van der Waals surface area contributed by atoms with E-state index in [9.17, 15) is 4.79 Å². The number of hydrogen-bond donors (Lipinski definition) is 2. The molecule has 0 saturated heterocycles. The summed E-state index contributed by atoms with van der Waals surface area (Å²) in [6.07, 6.45) is 0. The fraction of sp³-hybridized carbons (Fsp3) is 0.611. The van der Waals surface area contributed by atoms with Crippen LogP contribution >= 0.6 is 0 Å². The van der Waals surface area contributed by atoms with Gasteiger partial charge in [-0.3, -0.25) is 4.79 Å². The number of aryl methyl sites for hydroxylation is 1. The number of amides is 1. The lowest BCUT2D eigenvalue weighted by atomic mass is 9.85. The highest BCUT2D eigenvalue weighted by atomic mass is 16.1. The predicted octanol–water partition coefficient (Wildman–Crippen LogP) is 4.08. The van der Waals surface area contributed by atoms with Crippen LogP contribution in [0.1, 0.15) is 50.5 Å². The van der Waals surface area contributed by atoms with Gasteiger partial charge in [0.1, 0.15) is 0 Å². The summed E-state index contributed by atoms with van der Waals surface area (Å²) in [6, 6.07) is 5.82. The number of nitrogens with one attached hydrogen (secondary N) is 2. The number of anilines is 1. The average molecular weight is 290 g/mol. The molecule has 1 aromatic carbocycles. The summed E-state index contributed by atoms with van der Waals surface area (Å²) in [5.74, 6) is 1.68. The second-order valence-electron chi connectivity index (χ2n) is 6.42. The Labute approximate surface area is 129 Å². The molecule has 0 atom stereocenters. The minimum Gasteiger partial charge on any atom is -0.385 e. The van der Waals surface area contributed by atoms with Crippen LogP contribution in [0.25, 0.3) is 0 Å². The highest BCUT2D eigenvalue weighted by molar-refractivity contribution is 5.94. The number of hydrogen-bond acceptors (Lipinski definition) is 2. The Morgan fingerprint density at radius 3 is 2.24 bits per heavy atom. The summed E-state index contributed by atoms with van der Waals surface area (Å²) in [5, 5.41) is 6.37. The van der Waals surface area contributed by atoms with Gasteiger partial charge in [0.05, 0.1) is 0 Å². The zero-order valence-electron chi connectivity index (χ0n) is 14.3. The van der Waals surface area contributed by atoms with Gasteiger partial charge >= 0.3 is 0 Å². The van der Waals surface area contributed by atoms with Gasteiger partial charge < -0.3 is 10.6 Å². The molecule has 0 saturated carbocycles. The molecule has 3 nitrogen and oxygen atoms in total. The lowest BCUT2D eigenvalue weighted by Crippen LogP contribution is -2.34. The van der Waals surface area contributed by atoms with Gasteiger partial charge in [-0.15, -0.1) is 0 Å². The standard InChI is InChI=1S/C18H30N2O/c1-7-19-17-9-8-15(10-14(17)6)18(21)20-11-16(12(2)3)13(4)5/h8-10,12-13,16,19H,7,11H2,1-6H3,(H,20,21). The third-order valence-electron chi connectivity index (χ3n) is 4.07. The van der Waals surface area contributed by atoms with E-state index in [4.69, 9.17) is 0 Å². The summed E-state index contributed by atoms with van der Waals surface area (Å²) in [5.41, 5.74) is 2.94. The summed E-state index contributed by atoms with van der Waals surface area (Å²) < 4.78 is 0. The first kappa shape index (κ1) is 17.5. The number of carbonyl (C=O) groups excluding carboxylic acids is 1. The Morgan fingerprint density at radius 2 is 1.76 bits per heavy atom. The van der Waals surface area contributed by atoms with Crippen molar-refractivity contribution in [2.24, 2.45) is 17.8 Å². The van der Waals surface area contributed by atoms with Crippen LogP contribution < -0.4 is 10.6 Å². The minimum atomic E-state index is 0.0208. The normalized spacial score (nSPS) is 11.3. The molecule has 2 N–H and O–H groups in total. The molecule has 0 spiro atoms. The number of carbonyl (C=O) groups is 1. The zero-order valence-corrected chi connectivity index (χ0v) is 14.3. The maximum absolute atomic E-state index is 12.3. The second kappa shape index (κ2) is 8.06. The Hall–Kier alpha value is -1.51. The second-order valence-corrected chi connectivity index (χ2v) is 6.42. The number of rotatable bonds is 7. The molecular weight excluding hydrogens is 260 g/mol. The van der Waals surface area contributed by atoms with Gasteiger partial charge in [0.15, 0.2) is 0 Å². The van der Waals surface area contributed by atoms with Crippen LogP contribution in [0.5, 0.6) is 0 Å². The van der Waals surface area contributed by atoms with Gasteiger partial charge in [0.2, 0.25) is 0 Å². The van der Waals surface area contributed by atoms with E-state index in [0.717, 1.165) is 29.9 Å². The van der Waals surface area contributed by atoms with E-state index in [2.05, 4.69) is 45.3 Å². The fourth-order valence-electron chi connectivity index (χ4n) is 2.75. The van der Waals surface area contributed by atoms with Gasteiger partial charge in [0, 0.05) is 24.3 Å². The molecule has 0 aliphatic carbocycles. The van der Waals surface area contributed by atoms with E-state index in [0.29, 0.717) is 17.8 Å². The molecule has 0 fully saturated rings. The van der Waals surface area contributed by atoms with Crippen molar-refractivity contribution in [1.29, 1.82) is 0 Å². The fourth-order valence-corrected chi connectivity index (χ4v) is 2.75. The lowest BCUT2D eigenvalue weighted by molar-refractivity contribution is 0.0937. The topological polar surface area (TPSA) is 41.1 Å². The number of benzene rings is 1. The molecule has 0 aliphatic heterocycles. The Morgan fingerprint density at radius 1 is 1.14 bits per heavy atom. The molecule has 0 bridgehead atoms. The van der Waals surface area contributed by atoms with Crippen molar-refractivity contribution in [3.8, 4) is 0 Å². The van der Waals surface area contributed by atoms with Crippen molar-refractivity contribution >= 4 is 11.6 Å². The van der Waals surface area contributed by atoms with E-state index >= 15 is 0 Å². The molecule has 0 radical (unpaired) electrons. The Bertz CT molecular complexity index is 458. The molecule has 1 rings (SSSR count). The lowest BCUT2D eigenvalue weighted by Gasteiger charge is -2.25. The zero-order chi connectivity index (χ0) is 16.0. The van der Waals surface area contributed by atoms with Gasteiger partial charge in [-0.1, -0.05) is 27.7 Å². The molecule has 0 aliphatic rings. The van der Waals surface area contributed by atoms with Crippen LogP contribution in [-0.4, -0.2) is 19.0 Å². The molecular formula is C18H30N2O. The van der Waals surface area contributed by atoms with Gasteiger partial charge in [-0.05, 0) is 55.4 Å². The molecule has 1 aromatic rings. The Kier molecular flexibility index (Phi) is 6.73. The molecule has 1 amide bonds. The van der Waals surface area contributed by atoms with Gasteiger partial charge in [0.25, 0.3) is 5.91 Å². The maximum atomic E-state index is 12.3. The van der Waals surface area contributed by atoms with E-state index < -0.39 is 0 Å². The van der Waals surface area contributed by atoms with Crippen LogP contribution in [0.15, 0.2) is 18.2 Å². The van der Waals surface area contributed by atoms with E-state index in [-0.39, 0.29) is 5.91 Å². The summed E-state index contributed by atoms with van der Waals surface area (Å²) >= 11 is 0. The molecule has 118 valence electrons. The summed E-state index contributed by atoms with van der Waals surface area (Å²) in [4.78, 5) is 12.3. The smallest absolute Gasteiger partial charge is 0.251 e. The van der Waals surface area contributed by atoms with Crippen LogP contribution in [0, 0.1) is 24.7 Å². The third kappa shape index (κ3) is 5.07. The Balaban J connectivity index is 2.69. The van der Waals surface area contributed by atoms with Crippen LogP contribution in [0.4, 0.5) is 5.69 Å². The van der Waals surface area contributed by atoms with Gasteiger partial charge in [-0.2, -0.15) is 0 Å². The highest BCUT2D eigenvalue weighted by Gasteiger charge is 2.18. The highest BCUT2D eigenvalue weighted by Crippen LogP contribution is 2.20. The average Bonchev–Trinajstić information content (AvgIpc) is 2.40. The van der Waals surface area contributed by atoms with Crippen molar-refractivity contribution in [2.75, 3.05) is 18.4 Å². The summed E-state index contributed by atoms with van der Waals surface area (Å²) in [6.45, 7) is 14.6. The van der Waals surface area contributed by atoms with Crippen molar-refractivity contribution in [3.05, 3.63) is 29.3 Å². The molecule has 0 unspecified atom stereocenters. The van der Waals surface area contributed by atoms with Crippen LogP contribution in [0.2, 0.25) is 0 Å². The minimum absolute atomic E-state index is 0.0208. The monoisotopic (exact) mass is 290 g/mol. The van der Waals surface area contributed by atoms with E-state index in [1.54, 1.807) is 0 Å². The SMILES string of the molecule is CCNc1ccc(C(=O)NCC(C(C)C)C(C)C)cc1C. The van der Waals surface area contributed by atoms with Crippen molar-refractivity contribution in [2.45, 2.75) is 41.5 Å². The van der Waals surface area contributed by atoms with Crippen LogP contribution in [0.3, 0.4) is 0 Å². The molecule has 0 aromatic heterocycles. The molecule has 3 heteroatoms. The van der Waals surface area contributed by atoms with E-state index in [1.165, 1.54) is 0 Å². The van der Waals surface area contributed by atoms with Gasteiger partial charge in [-0.25, -0.2) is 0 Å². The molecule has 0 heterocycles. The van der Waals surface area contributed by atoms with Crippen molar-refractivity contribution in [3.63, 3.8) is 0 Å². The quantitative estimate of drug-likeness (QED) is 0.794. The largest absolute Gasteiger partial charge is 0.385 e. The first-order valence-corrected chi connectivity index (χ1v) is 7.99. The first-order valence-electron chi connectivity index (χ1n) is 7.99. The van der Waals surface area contributed by atoms with E-state index in [1.807, 2.05) is 25.1 Å². The summed E-state index contributed by atoms with van der Waals surface area (Å²) in [7, 11) is 0. The van der Waals surface area contributed by atoms with Crippen molar-refractivity contribution < 1.29 is 4.79 Å². The van der Waals surface area contributed by atoms with Crippen molar-refractivity contribution in [1.82, 2.24) is 5.32 Å². The van der Waals surface area contributed by atoms with Crippen LogP contribution in [-0.2, 0) is 0 Å².